The van der Waals surface area contributed by atoms with E-state index >= 15 is 0 Å². The van der Waals surface area contributed by atoms with Gasteiger partial charge in [0.1, 0.15) is 0 Å². The first-order valence-electron chi connectivity index (χ1n) is 4.20. The second-order valence-electron chi connectivity index (χ2n) is 3.40. The van der Waals surface area contributed by atoms with Crippen LogP contribution < -0.4 is 5.73 Å². The lowest BCUT2D eigenvalue weighted by molar-refractivity contribution is 0.0200. The third kappa shape index (κ3) is 2.65. The van der Waals surface area contributed by atoms with Crippen molar-refractivity contribution in [3.8, 4) is 0 Å². The number of nitrogens with two attached hydrogens (primary N) is 1. The summed E-state index contributed by atoms with van der Waals surface area (Å²) in [5.41, 5.74) is 4.98. The second kappa shape index (κ2) is 3.78. The minimum Gasteiger partial charge on any atom is -0.390 e. The van der Waals surface area contributed by atoms with E-state index < -0.39 is 5.60 Å². The van der Waals surface area contributed by atoms with Crippen molar-refractivity contribution in [3.63, 3.8) is 0 Å². The molecule has 1 aliphatic rings. The van der Waals surface area contributed by atoms with Crippen molar-refractivity contribution in [2.45, 2.75) is 37.0 Å². The lowest BCUT2D eigenvalue weighted by Gasteiger charge is -2.34. The van der Waals surface area contributed by atoms with Crippen LogP contribution in [0, 0.1) is 0 Å². The standard InChI is InChI=1S/C8H17NOS/c1-7-6-8(10,2-4-9)3-5-11-7/h7,10H,2-6,9H2,1H3. The van der Waals surface area contributed by atoms with Gasteiger partial charge in [-0.15, -0.1) is 0 Å². The van der Waals surface area contributed by atoms with Crippen LogP contribution in [0.25, 0.3) is 0 Å². The highest BCUT2D eigenvalue weighted by Gasteiger charge is 2.31. The summed E-state index contributed by atoms with van der Waals surface area (Å²) in [5.74, 6) is 1.08. The summed E-state index contributed by atoms with van der Waals surface area (Å²) in [7, 11) is 0. The van der Waals surface area contributed by atoms with E-state index in [4.69, 9.17) is 5.73 Å². The lowest BCUT2D eigenvalue weighted by Crippen LogP contribution is -2.38. The summed E-state index contributed by atoms with van der Waals surface area (Å²) in [4.78, 5) is 0. The molecule has 0 spiro atoms. The molecule has 0 aromatic carbocycles. The Hall–Kier alpha value is 0.270. The maximum atomic E-state index is 9.95. The Kier molecular flexibility index (Phi) is 3.22. The molecule has 1 heterocycles. The van der Waals surface area contributed by atoms with E-state index in [-0.39, 0.29) is 0 Å². The molecule has 0 aromatic rings. The molecule has 2 unspecified atom stereocenters. The molecule has 2 nitrogen and oxygen atoms in total. The molecule has 0 saturated carbocycles. The Balaban J connectivity index is 2.41. The van der Waals surface area contributed by atoms with Crippen molar-refractivity contribution in [2.24, 2.45) is 5.73 Å². The normalized spacial score (nSPS) is 39.0. The van der Waals surface area contributed by atoms with Gasteiger partial charge >= 0.3 is 0 Å². The first-order chi connectivity index (χ1) is 5.16. The highest BCUT2D eigenvalue weighted by molar-refractivity contribution is 7.99. The van der Waals surface area contributed by atoms with Crippen molar-refractivity contribution in [1.82, 2.24) is 0 Å². The van der Waals surface area contributed by atoms with Gasteiger partial charge in [0, 0.05) is 5.25 Å². The van der Waals surface area contributed by atoms with E-state index in [1.807, 2.05) is 11.8 Å². The van der Waals surface area contributed by atoms with Crippen LogP contribution in [0.5, 0.6) is 0 Å². The van der Waals surface area contributed by atoms with Gasteiger partial charge < -0.3 is 10.8 Å². The molecule has 1 saturated heterocycles. The van der Waals surface area contributed by atoms with Crippen LogP contribution in [0.15, 0.2) is 0 Å². The second-order valence-corrected chi connectivity index (χ2v) is 4.94. The minimum atomic E-state index is -0.445. The fourth-order valence-corrected chi connectivity index (χ4v) is 2.97. The minimum absolute atomic E-state index is 0.445. The number of thioether (sulfide) groups is 1. The van der Waals surface area contributed by atoms with Crippen LogP contribution in [-0.2, 0) is 0 Å². The van der Waals surface area contributed by atoms with Crippen LogP contribution in [0.1, 0.15) is 26.2 Å². The van der Waals surface area contributed by atoms with E-state index in [1.165, 1.54) is 0 Å². The monoisotopic (exact) mass is 175 g/mol. The summed E-state index contributed by atoms with van der Waals surface area (Å²) in [6.45, 7) is 2.78. The number of hydrogen-bond donors (Lipinski definition) is 2. The first kappa shape index (κ1) is 9.36. The van der Waals surface area contributed by atoms with Gasteiger partial charge in [0.15, 0.2) is 0 Å². The molecule has 2 atom stereocenters. The zero-order valence-corrected chi connectivity index (χ0v) is 7.86. The maximum Gasteiger partial charge on any atom is 0.0678 e. The average molecular weight is 175 g/mol. The molecule has 3 N–H and O–H groups in total. The summed E-state index contributed by atoms with van der Waals surface area (Å²) in [6.07, 6.45) is 2.59. The van der Waals surface area contributed by atoms with E-state index in [2.05, 4.69) is 6.92 Å². The predicted octanol–water partition coefficient (Wildman–Crippen LogP) is 0.982. The molecular weight excluding hydrogens is 158 g/mol. The molecule has 0 aromatic heterocycles. The van der Waals surface area contributed by atoms with Crippen molar-refractivity contribution in [1.29, 1.82) is 0 Å². The Morgan fingerprint density at radius 2 is 2.45 bits per heavy atom. The fourth-order valence-electron chi connectivity index (χ4n) is 1.64. The molecule has 11 heavy (non-hydrogen) atoms. The fraction of sp³-hybridized carbons (Fsp3) is 1.00. The topological polar surface area (TPSA) is 46.2 Å². The zero-order valence-electron chi connectivity index (χ0n) is 7.05. The largest absolute Gasteiger partial charge is 0.390 e. The van der Waals surface area contributed by atoms with Crippen LogP contribution >= 0.6 is 11.8 Å². The predicted molar refractivity (Wildman–Crippen MR) is 49.8 cm³/mol. The summed E-state index contributed by atoms with van der Waals surface area (Å²) in [5, 5.41) is 10.5. The molecule has 66 valence electrons. The van der Waals surface area contributed by atoms with E-state index in [0.717, 1.165) is 25.0 Å². The molecule has 1 aliphatic heterocycles. The first-order valence-corrected chi connectivity index (χ1v) is 5.25. The Morgan fingerprint density at radius 3 is 3.00 bits per heavy atom. The molecule has 0 aliphatic carbocycles. The third-order valence-electron chi connectivity index (χ3n) is 2.25. The summed E-state index contributed by atoms with van der Waals surface area (Å²) >= 11 is 1.95. The van der Waals surface area contributed by atoms with E-state index in [1.54, 1.807) is 0 Å². The molecule has 0 radical (unpaired) electrons. The third-order valence-corrected chi connectivity index (χ3v) is 3.42. The van der Waals surface area contributed by atoms with Crippen molar-refractivity contribution >= 4 is 11.8 Å². The maximum absolute atomic E-state index is 9.95. The van der Waals surface area contributed by atoms with Gasteiger partial charge in [-0.25, -0.2) is 0 Å². The van der Waals surface area contributed by atoms with Gasteiger partial charge in [0.25, 0.3) is 0 Å². The lowest BCUT2D eigenvalue weighted by atomic mass is 9.91. The smallest absolute Gasteiger partial charge is 0.0678 e. The molecule has 1 fully saturated rings. The van der Waals surface area contributed by atoms with Crippen LogP contribution in [0.4, 0.5) is 0 Å². The summed E-state index contributed by atoms with van der Waals surface area (Å²) < 4.78 is 0. The van der Waals surface area contributed by atoms with E-state index in [9.17, 15) is 5.11 Å². The van der Waals surface area contributed by atoms with Gasteiger partial charge in [-0.05, 0) is 31.6 Å². The SMILES string of the molecule is CC1CC(O)(CCN)CCS1. The summed E-state index contributed by atoms with van der Waals surface area (Å²) in [6, 6.07) is 0. The molecule has 0 amide bonds. The highest BCUT2D eigenvalue weighted by atomic mass is 32.2. The highest BCUT2D eigenvalue weighted by Crippen LogP contribution is 2.34. The van der Waals surface area contributed by atoms with E-state index in [0.29, 0.717) is 11.8 Å². The van der Waals surface area contributed by atoms with Gasteiger partial charge in [-0.2, -0.15) is 11.8 Å². The Labute approximate surface area is 72.5 Å². The van der Waals surface area contributed by atoms with Crippen molar-refractivity contribution < 1.29 is 5.11 Å². The molecule has 0 bridgehead atoms. The molecular formula is C8H17NOS. The van der Waals surface area contributed by atoms with Crippen LogP contribution in [0.3, 0.4) is 0 Å². The molecule has 3 heteroatoms. The quantitative estimate of drug-likeness (QED) is 0.657. The van der Waals surface area contributed by atoms with Gasteiger partial charge in [0.05, 0.1) is 5.60 Å². The Morgan fingerprint density at radius 1 is 1.73 bits per heavy atom. The van der Waals surface area contributed by atoms with Gasteiger partial charge in [0.2, 0.25) is 0 Å². The van der Waals surface area contributed by atoms with Gasteiger partial charge in [-0.1, -0.05) is 6.92 Å². The Bertz CT molecular complexity index is 127. The van der Waals surface area contributed by atoms with Crippen LogP contribution in [-0.4, -0.2) is 28.3 Å². The zero-order chi connectivity index (χ0) is 8.32. The number of hydrogen-bond acceptors (Lipinski definition) is 3. The molecule has 1 rings (SSSR count). The van der Waals surface area contributed by atoms with Gasteiger partial charge in [-0.3, -0.25) is 0 Å². The van der Waals surface area contributed by atoms with Crippen LogP contribution in [0.2, 0.25) is 0 Å². The average Bonchev–Trinajstić information content (AvgIpc) is 1.86. The van der Waals surface area contributed by atoms with Crippen molar-refractivity contribution in [2.75, 3.05) is 12.3 Å². The number of aliphatic hydroxyl groups is 1. The van der Waals surface area contributed by atoms with Crippen molar-refractivity contribution in [3.05, 3.63) is 0 Å². The number of rotatable bonds is 2.